The van der Waals surface area contributed by atoms with E-state index in [0.29, 0.717) is 22.1 Å². The van der Waals surface area contributed by atoms with E-state index in [1.54, 1.807) is 36.4 Å². The van der Waals surface area contributed by atoms with Crippen molar-refractivity contribution in [3.05, 3.63) is 76.5 Å². The highest BCUT2D eigenvalue weighted by molar-refractivity contribution is 8.00. The first kappa shape index (κ1) is 21.7. The average Bonchev–Trinajstić information content (AvgIpc) is 3.21. The van der Waals surface area contributed by atoms with E-state index >= 15 is 0 Å². The minimum atomic E-state index is -0.413. The van der Waals surface area contributed by atoms with Gasteiger partial charge in [0.05, 0.1) is 24.6 Å². The van der Waals surface area contributed by atoms with Gasteiger partial charge in [0.1, 0.15) is 11.5 Å². The van der Waals surface area contributed by atoms with Gasteiger partial charge in [-0.2, -0.15) is 5.10 Å². The zero-order chi connectivity index (χ0) is 21.5. The summed E-state index contributed by atoms with van der Waals surface area (Å²) in [7, 11) is 1.34. The molecule has 3 aromatic rings. The van der Waals surface area contributed by atoms with Crippen molar-refractivity contribution in [2.24, 2.45) is 5.10 Å². The molecule has 0 aliphatic heterocycles. The molecule has 0 aliphatic rings. The van der Waals surface area contributed by atoms with Crippen LogP contribution in [0.4, 0.5) is 0 Å². The van der Waals surface area contributed by atoms with Crippen molar-refractivity contribution < 1.29 is 18.7 Å². The predicted octanol–water partition coefficient (Wildman–Crippen LogP) is 4.94. The van der Waals surface area contributed by atoms with Gasteiger partial charge in [-0.05, 0) is 61.0 Å². The van der Waals surface area contributed by atoms with E-state index in [9.17, 15) is 9.59 Å². The molecular weight excluding hydrogens is 424 g/mol. The number of hydrogen-bond acceptors (Lipinski definition) is 6. The number of furan rings is 1. The molecule has 154 valence electrons. The fourth-order valence-corrected chi connectivity index (χ4v) is 3.40. The molecule has 0 saturated carbocycles. The summed E-state index contributed by atoms with van der Waals surface area (Å²) in [6, 6.07) is 16.0. The lowest BCUT2D eigenvalue weighted by atomic mass is 10.0. The van der Waals surface area contributed by atoms with Gasteiger partial charge in [0.25, 0.3) is 0 Å². The number of ether oxygens (including phenoxy) is 1. The van der Waals surface area contributed by atoms with Crippen molar-refractivity contribution in [2.45, 2.75) is 11.8 Å². The van der Waals surface area contributed by atoms with Crippen molar-refractivity contribution >= 4 is 41.5 Å². The monoisotopic (exact) mass is 442 g/mol. The van der Waals surface area contributed by atoms with Crippen LogP contribution in [0.1, 0.15) is 21.7 Å². The maximum absolute atomic E-state index is 11.9. The van der Waals surface area contributed by atoms with Gasteiger partial charge in [-0.1, -0.05) is 17.7 Å². The zero-order valence-corrected chi connectivity index (χ0v) is 17.9. The van der Waals surface area contributed by atoms with Crippen LogP contribution in [0.15, 0.2) is 69.0 Å². The number of hydrazone groups is 1. The van der Waals surface area contributed by atoms with E-state index in [1.807, 2.05) is 25.1 Å². The van der Waals surface area contributed by atoms with Gasteiger partial charge in [-0.3, -0.25) is 4.79 Å². The molecule has 0 radical (unpaired) electrons. The Kier molecular flexibility index (Phi) is 7.32. The number of hydrogen-bond donors (Lipinski definition) is 1. The lowest BCUT2D eigenvalue weighted by molar-refractivity contribution is -0.118. The van der Waals surface area contributed by atoms with Gasteiger partial charge < -0.3 is 9.15 Å². The summed E-state index contributed by atoms with van der Waals surface area (Å²) in [6.07, 6.45) is 1.42. The number of carbonyl (C=O) groups is 2. The summed E-state index contributed by atoms with van der Waals surface area (Å²) in [5, 5.41) is 4.58. The number of amides is 1. The molecule has 0 unspecified atom stereocenters. The van der Waals surface area contributed by atoms with Crippen LogP contribution >= 0.6 is 23.4 Å². The number of esters is 1. The number of benzene rings is 2. The van der Waals surface area contributed by atoms with Gasteiger partial charge in [-0.15, -0.1) is 11.8 Å². The number of rotatable bonds is 7. The molecule has 1 amide bonds. The molecule has 3 rings (SSSR count). The predicted molar refractivity (Wildman–Crippen MR) is 118 cm³/mol. The molecule has 8 heteroatoms. The number of methoxy groups -OCH3 is 1. The molecule has 0 spiro atoms. The minimum Gasteiger partial charge on any atom is -0.465 e. The van der Waals surface area contributed by atoms with E-state index in [0.717, 1.165) is 16.0 Å². The van der Waals surface area contributed by atoms with Crippen LogP contribution in [0, 0.1) is 6.92 Å². The second-order valence-electron chi connectivity index (χ2n) is 6.26. The number of carbonyl (C=O) groups excluding carboxylic acids is 2. The second-order valence-corrected chi connectivity index (χ2v) is 7.74. The Hall–Kier alpha value is -3.03. The van der Waals surface area contributed by atoms with Crippen LogP contribution < -0.4 is 5.43 Å². The van der Waals surface area contributed by atoms with E-state index in [-0.39, 0.29) is 11.7 Å². The highest BCUT2D eigenvalue weighted by atomic mass is 35.5. The molecule has 1 aromatic heterocycles. The average molecular weight is 443 g/mol. The normalized spacial score (nSPS) is 10.9. The molecular formula is C22H19ClN2O4S. The third kappa shape index (κ3) is 5.75. The second kappa shape index (κ2) is 10.1. The van der Waals surface area contributed by atoms with Gasteiger partial charge >= 0.3 is 5.97 Å². The standard InChI is InChI=1S/C22H19ClN2O4S/c1-14-3-4-15(22(27)28-2)11-19(14)20-10-7-17(29-20)12-24-25-21(26)13-30-18-8-5-16(23)6-9-18/h3-12H,13H2,1-2H3,(H,25,26)/b24-12-. The summed E-state index contributed by atoms with van der Waals surface area (Å²) in [4.78, 5) is 24.6. The largest absolute Gasteiger partial charge is 0.465 e. The van der Waals surface area contributed by atoms with E-state index < -0.39 is 5.97 Å². The van der Waals surface area contributed by atoms with Crippen LogP contribution in [-0.2, 0) is 9.53 Å². The van der Waals surface area contributed by atoms with Crippen molar-refractivity contribution in [3.8, 4) is 11.3 Å². The molecule has 0 fully saturated rings. The molecule has 6 nitrogen and oxygen atoms in total. The Labute approximate surface area is 183 Å². The fourth-order valence-electron chi connectivity index (χ4n) is 2.58. The minimum absolute atomic E-state index is 0.224. The first-order valence-corrected chi connectivity index (χ1v) is 10.3. The highest BCUT2D eigenvalue weighted by Gasteiger charge is 2.12. The van der Waals surface area contributed by atoms with Crippen molar-refractivity contribution in [2.75, 3.05) is 12.9 Å². The Morgan fingerprint density at radius 3 is 2.67 bits per heavy atom. The molecule has 0 saturated heterocycles. The Morgan fingerprint density at radius 1 is 1.17 bits per heavy atom. The maximum atomic E-state index is 11.9. The molecule has 0 atom stereocenters. The summed E-state index contributed by atoms with van der Waals surface area (Å²) >= 11 is 7.23. The molecule has 0 bridgehead atoms. The molecule has 1 heterocycles. The molecule has 0 aliphatic carbocycles. The number of halogens is 1. The van der Waals surface area contributed by atoms with Gasteiger partial charge in [0, 0.05) is 15.5 Å². The van der Waals surface area contributed by atoms with Crippen LogP contribution in [0.25, 0.3) is 11.3 Å². The lowest BCUT2D eigenvalue weighted by Gasteiger charge is -2.05. The van der Waals surface area contributed by atoms with Crippen molar-refractivity contribution in [3.63, 3.8) is 0 Å². The van der Waals surface area contributed by atoms with Crippen molar-refractivity contribution in [1.29, 1.82) is 0 Å². The number of thioether (sulfide) groups is 1. The summed E-state index contributed by atoms with van der Waals surface area (Å²) in [5.74, 6) is 0.633. The SMILES string of the molecule is COC(=O)c1ccc(C)c(-c2ccc(/C=N\NC(=O)CSc3ccc(Cl)cc3)o2)c1. The number of aryl methyl sites for hydroxylation is 1. The zero-order valence-electron chi connectivity index (χ0n) is 16.3. The fraction of sp³-hybridized carbons (Fsp3) is 0.136. The van der Waals surface area contributed by atoms with E-state index in [4.69, 9.17) is 20.8 Å². The van der Waals surface area contributed by atoms with Crippen LogP contribution in [0.5, 0.6) is 0 Å². The van der Waals surface area contributed by atoms with Crippen molar-refractivity contribution in [1.82, 2.24) is 5.43 Å². The first-order valence-electron chi connectivity index (χ1n) is 8.95. The Morgan fingerprint density at radius 2 is 1.93 bits per heavy atom. The van der Waals surface area contributed by atoms with Crippen LogP contribution in [0.2, 0.25) is 5.02 Å². The highest BCUT2D eigenvalue weighted by Crippen LogP contribution is 2.26. The van der Waals surface area contributed by atoms with Gasteiger partial charge in [-0.25, -0.2) is 10.2 Å². The van der Waals surface area contributed by atoms with E-state index in [1.165, 1.54) is 25.1 Å². The van der Waals surface area contributed by atoms with Crippen LogP contribution in [-0.4, -0.2) is 31.0 Å². The van der Waals surface area contributed by atoms with Gasteiger partial charge in [0.15, 0.2) is 0 Å². The molecule has 1 N–H and O–H groups in total. The lowest BCUT2D eigenvalue weighted by Crippen LogP contribution is -2.19. The Balaban J connectivity index is 1.58. The van der Waals surface area contributed by atoms with Crippen LogP contribution in [0.3, 0.4) is 0 Å². The van der Waals surface area contributed by atoms with E-state index in [2.05, 4.69) is 10.5 Å². The first-order chi connectivity index (χ1) is 14.5. The maximum Gasteiger partial charge on any atom is 0.337 e. The quantitative estimate of drug-likeness (QED) is 0.242. The summed E-state index contributed by atoms with van der Waals surface area (Å²) in [5.41, 5.74) is 4.64. The number of nitrogens with zero attached hydrogens (tertiary/aromatic N) is 1. The van der Waals surface area contributed by atoms with Gasteiger partial charge in [0.2, 0.25) is 5.91 Å². The topological polar surface area (TPSA) is 80.9 Å². The smallest absolute Gasteiger partial charge is 0.337 e. The Bertz CT molecular complexity index is 1080. The third-order valence-electron chi connectivity index (χ3n) is 4.12. The third-order valence-corrected chi connectivity index (χ3v) is 5.38. The number of nitrogens with one attached hydrogen (secondary N) is 1. The molecule has 2 aromatic carbocycles. The summed E-state index contributed by atoms with van der Waals surface area (Å²) in [6.45, 7) is 1.92. The summed E-state index contributed by atoms with van der Waals surface area (Å²) < 4.78 is 10.5. The molecule has 30 heavy (non-hydrogen) atoms.